The molecule has 0 bridgehead atoms. The third kappa shape index (κ3) is 5.12. The molecule has 1 aliphatic rings. The Morgan fingerprint density at radius 1 is 0.960 bits per heavy atom. The Kier molecular flexibility index (Phi) is 5.74. The van der Waals surface area contributed by atoms with Gasteiger partial charge in [-0.2, -0.15) is 0 Å². The van der Waals surface area contributed by atoms with Gasteiger partial charge in [-0.3, -0.25) is 19.5 Å². The van der Waals surface area contributed by atoms with Crippen LogP contribution in [0.3, 0.4) is 0 Å². The second-order valence-corrected chi connectivity index (χ2v) is 6.13. The number of nitrogens with zero attached hydrogens (tertiary/aromatic N) is 2. The number of pyridine rings is 1. The summed E-state index contributed by atoms with van der Waals surface area (Å²) in [5, 5.41) is 5.69. The third-order valence-electron chi connectivity index (χ3n) is 4.12. The first-order valence-corrected chi connectivity index (χ1v) is 8.55. The number of hydrogen-bond acceptors (Lipinski definition) is 4. The van der Waals surface area contributed by atoms with Crippen LogP contribution in [0.1, 0.15) is 29.8 Å². The van der Waals surface area contributed by atoms with Gasteiger partial charge in [-0.1, -0.05) is 18.6 Å². The number of aromatic nitrogens is 1. The van der Waals surface area contributed by atoms with Crippen molar-refractivity contribution in [2.45, 2.75) is 19.3 Å². The minimum atomic E-state index is -0.280. The van der Waals surface area contributed by atoms with E-state index in [0.717, 1.165) is 25.9 Å². The topological polar surface area (TPSA) is 74.3 Å². The van der Waals surface area contributed by atoms with Crippen molar-refractivity contribution in [3.8, 4) is 0 Å². The third-order valence-corrected chi connectivity index (χ3v) is 4.12. The lowest BCUT2D eigenvalue weighted by molar-refractivity contribution is -0.117. The summed E-state index contributed by atoms with van der Waals surface area (Å²) in [4.78, 5) is 30.5. The van der Waals surface area contributed by atoms with E-state index in [-0.39, 0.29) is 11.8 Å². The van der Waals surface area contributed by atoms with E-state index in [0.29, 0.717) is 23.6 Å². The highest BCUT2D eigenvalue weighted by Gasteiger charge is 2.14. The molecule has 1 fully saturated rings. The second-order valence-electron chi connectivity index (χ2n) is 6.13. The molecule has 2 N–H and O–H groups in total. The van der Waals surface area contributed by atoms with Gasteiger partial charge in [0, 0.05) is 17.6 Å². The summed E-state index contributed by atoms with van der Waals surface area (Å²) in [7, 11) is 0. The van der Waals surface area contributed by atoms with Crippen LogP contribution < -0.4 is 10.6 Å². The van der Waals surface area contributed by atoms with Crippen LogP contribution in [-0.4, -0.2) is 41.3 Å². The van der Waals surface area contributed by atoms with Gasteiger partial charge in [-0.15, -0.1) is 0 Å². The van der Waals surface area contributed by atoms with E-state index in [4.69, 9.17) is 0 Å². The maximum atomic E-state index is 12.2. The smallest absolute Gasteiger partial charge is 0.274 e. The molecule has 6 nitrogen and oxygen atoms in total. The molecule has 0 radical (unpaired) electrons. The molecule has 6 heteroatoms. The zero-order valence-corrected chi connectivity index (χ0v) is 14.1. The van der Waals surface area contributed by atoms with Crippen LogP contribution >= 0.6 is 0 Å². The number of benzene rings is 1. The molecule has 0 saturated carbocycles. The lowest BCUT2D eigenvalue weighted by Gasteiger charge is -2.25. The molecule has 0 atom stereocenters. The maximum absolute atomic E-state index is 12.2. The van der Waals surface area contributed by atoms with Crippen molar-refractivity contribution in [3.63, 3.8) is 0 Å². The Bertz CT molecular complexity index is 727. The number of carbonyl (C=O) groups is 2. The van der Waals surface area contributed by atoms with E-state index in [9.17, 15) is 9.59 Å². The lowest BCUT2D eigenvalue weighted by Crippen LogP contribution is -2.36. The number of carbonyl (C=O) groups excluding carboxylic acids is 2. The molecule has 0 aliphatic carbocycles. The molecule has 3 rings (SSSR count). The predicted molar refractivity (Wildman–Crippen MR) is 97.6 cm³/mol. The summed E-state index contributed by atoms with van der Waals surface area (Å²) in [6.45, 7) is 2.37. The second kappa shape index (κ2) is 8.39. The van der Waals surface area contributed by atoms with Crippen molar-refractivity contribution in [3.05, 3.63) is 54.4 Å². The van der Waals surface area contributed by atoms with Crippen molar-refractivity contribution in [2.24, 2.45) is 0 Å². The monoisotopic (exact) mass is 338 g/mol. The average molecular weight is 338 g/mol. The molecule has 1 saturated heterocycles. The van der Waals surface area contributed by atoms with Gasteiger partial charge in [0.1, 0.15) is 5.69 Å². The lowest BCUT2D eigenvalue weighted by atomic mass is 10.1. The van der Waals surface area contributed by atoms with Crippen LogP contribution in [0.15, 0.2) is 48.7 Å². The van der Waals surface area contributed by atoms with E-state index in [2.05, 4.69) is 20.5 Å². The number of likely N-dealkylation sites (tertiary alicyclic amines) is 1. The number of rotatable bonds is 5. The predicted octanol–water partition coefficient (Wildman–Crippen LogP) is 2.76. The van der Waals surface area contributed by atoms with Crippen LogP contribution in [0.4, 0.5) is 11.4 Å². The fraction of sp³-hybridized carbons (Fsp3) is 0.316. The quantitative estimate of drug-likeness (QED) is 0.879. The number of anilines is 2. The van der Waals surface area contributed by atoms with Crippen LogP contribution in [0.5, 0.6) is 0 Å². The Labute approximate surface area is 147 Å². The fourth-order valence-corrected chi connectivity index (χ4v) is 2.89. The molecule has 130 valence electrons. The zero-order valence-electron chi connectivity index (χ0n) is 14.1. The van der Waals surface area contributed by atoms with E-state index < -0.39 is 0 Å². The summed E-state index contributed by atoms with van der Waals surface area (Å²) >= 11 is 0. The van der Waals surface area contributed by atoms with Crippen molar-refractivity contribution in [1.29, 1.82) is 0 Å². The molecular formula is C19H22N4O2. The molecule has 1 aliphatic heterocycles. The molecular weight excluding hydrogens is 316 g/mol. The maximum Gasteiger partial charge on any atom is 0.274 e. The number of amides is 2. The first-order chi connectivity index (χ1) is 12.2. The molecule has 2 heterocycles. The zero-order chi connectivity index (χ0) is 17.5. The molecule has 25 heavy (non-hydrogen) atoms. The summed E-state index contributed by atoms with van der Waals surface area (Å²) in [6.07, 6.45) is 5.13. The van der Waals surface area contributed by atoms with E-state index in [1.807, 2.05) is 6.07 Å². The highest BCUT2D eigenvalue weighted by molar-refractivity contribution is 6.03. The average Bonchev–Trinajstić information content (AvgIpc) is 2.63. The minimum Gasteiger partial charge on any atom is -0.325 e. The Balaban J connectivity index is 1.57. The van der Waals surface area contributed by atoms with Gasteiger partial charge in [-0.25, -0.2) is 0 Å². The Morgan fingerprint density at radius 2 is 1.72 bits per heavy atom. The first kappa shape index (κ1) is 17.1. The van der Waals surface area contributed by atoms with Gasteiger partial charge in [0.2, 0.25) is 5.91 Å². The van der Waals surface area contributed by atoms with E-state index >= 15 is 0 Å². The van der Waals surface area contributed by atoms with Crippen molar-refractivity contribution in [1.82, 2.24) is 9.88 Å². The summed E-state index contributed by atoms with van der Waals surface area (Å²) in [5.41, 5.74) is 1.63. The van der Waals surface area contributed by atoms with Crippen LogP contribution in [0.25, 0.3) is 0 Å². The van der Waals surface area contributed by atoms with Gasteiger partial charge in [0.25, 0.3) is 5.91 Å². The van der Waals surface area contributed by atoms with Crippen LogP contribution in [-0.2, 0) is 4.79 Å². The van der Waals surface area contributed by atoms with Crippen LogP contribution in [0, 0.1) is 0 Å². The van der Waals surface area contributed by atoms with Crippen molar-refractivity contribution < 1.29 is 9.59 Å². The largest absolute Gasteiger partial charge is 0.325 e. The molecule has 1 aromatic carbocycles. The highest BCUT2D eigenvalue weighted by Crippen LogP contribution is 2.16. The van der Waals surface area contributed by atoms with Crippen molar-refractivity contribution >= 4 is 23.2 Å². The molecule has 2 aromatic rings. The number of hydrogen-bond donors (Lipinski definition) is 2. The number of piperidine rings is 1. The molecule has 1 aromatic heterocycles. The van der Waals surface area contributed by atoms with Gasteiger partial charge in [-0.05, 0) is 56.3 Å². The highest BCUT2D eigenvalue weighted by atomic mass is 16.2. The van der Waals surface area contributed by atoms with Gasteiger partial charge in [0.05, 0.1) is 6.54 Å². The van der Waals surface area contributed by atoms with E-state index in [1.54, 1.807) is 42.6 Å². The normalized spacial score (nSPS) is 14.7. The summed E-state index contributed by atoms with van der Waals surface area (Å²) < 4.78 is 0. The van der Waals surface area contributed by atoms with Crippen molar-refractivity contribution in [2.75, 3.05) is 30.3 Å². The Morgan fingerprint density at radius 3 is 2.44 bits per heavy atom. The van der Waals surface area contributed by atoms with Gasteiger partial charge in [0.15, 0.2) is 0 Å². The van der Waals surface area contributed by atoms with E-state index in [1.165, 1.54) is 6.42 Å². The Hall–Kier alpha value is -2.73. The fourth-order valence-electron chi connectivity index (χ4n) is 2.89. The van der Waals surface area contributed by atoms with Gasteiger partial charge < -0.3 is 10.6 Å². The summed E-state index contributed by atoms with van der Waals surface area (Å²) in [6, 6.07) is 12.3. The minimum absolute atomic E-state index is 0.0323. The van der Waals surface area contributed by atoms with Crippen LogP contribution in [0.2, 0.25) is 0 Å². The first-order valence-electron chi connectivity index (χ1n) is 8.55. The van der Waals surface area contributed by atoms with Gasteiger partial charge >= 0.3 is 0 Å². The standard InChI is InChI=1S/C19H22N4O2/c24-18(14-23-11-4-1-5-12-23)21-15-7-6-8-16(13-15)22-19(25)17-9-2-3-10-20-17/h2-3,6-10,13H,1,4-5,11-12,14H2,(H,21,24)(H,22,25). The molecule has 0 unspecified atom stereocenters. The molecule has 0 spiro atoms. The number of nitrogens with one attached hydrogen (secondary N) is 2. The molecule has 2 amide bonds. The SMILES string of the molecule is O=C(CN1CCCCC1)Nc1cccc(NC(=O)c2ccccn2)c1. The summed E-state index contributed by atoms with van der Waals surface area (Å²) in [5.74, 6) is -0.313.